The van der Waals surface area contributed by atoms with Crippen molar-refractivity contribution in [1.29, 1.82) is 0 Å². The number of halogens is 5. The highest BCUT2D eigenvalue weighted by atomic mass is 35.5. The Kier molecular flexibility index (Phi) is 4.32. The topological polar surface area (TPSA) is 17.1 Å². The van der Waals surface area contributed by atoms with E-state index in [0.717, 1.165) is 24.3 Å². The molecule has 0 aliphatic carbocycles. The summed E-state index contributed by atoms with van der Waals surface area (Å²) in [6.45, 7) is 0. The van der Waals surface area contributed by atoms with E-state index in [2.05, 4.69) is 0 Å². The molecule has 0 unspecified atom stereocenters. The largest absolute Gasteiger partial charge is 0.416 e. The zero-order valence-corrected chi connectivity index (χ0v) is 11.3. The molecule has 21 heavy (non-hydrogen) atoms. The average molecular weight is 317 g/mol. The summed E-state index contributed by atoms with van der Waals surface area (Å²) in [5, 5.41) is 0.253. The van der Waals surface area contributed by atoms with E-state index in [1.165, 1.54) is 18.2 Å². The second-order valence-corrected chi connectivity index (χ2v) is 4.85. The van der Waals surface area contributed by atoms with Crippen molar-refractivity contribution in [3.05, 3.63) is 70.0 Å². The summed E-state index contributed by atoms with van der Waals surface area (Å²) in [5.41, 5.74) is -0.992. The fourth-order valence-corrected chi connectivity index (χ4v) is 2.02. The summed E-state index contributed by atoms with van der Waals surface area (Å²) in [6, 6.07) is 7.75. The lowest BCUT2D eigenvalue weighted by Gasteiger charge is -2.08. The maximum atomic E-state index is 13.5. The normalized spacial score (nSPS) is 11.5. The van der Waals surface area contributed by atoms with Crippen LogP contribution in [0.1, 0.15) is 21.5 Å². The smallest absolute Gasteiger partial charge is 0.294 e. The minimum Gasteiger partial charge on any atom is -0.294 e. The van der Waals surface area contributed by atoms with Gasteiger partial charge < -0.3 is 0 Å². The second-order valence-electron chi connectivity index (χ2n) is 4.41. The highest BCUT2D eigenvalue weighted by Gasteiger charge is 2.30. The van der Waals surface area contributed by atoms with Crippen molar-refractivity contribution >= 4 is 17.4 Å². The quantitative estimate of drug-likeness (QED) is 0.580. The average Bonchev–Trinajstić information content (AvgIpc) is 2.42. The van der Waals surface area contributed by atoms with Crippen LogP contribution in [0.15, 0.2) is 42.5 Å². The molecule has 0 aliphatic rings. The van der Waals surface area contributed by atoms with Crippen molar-refractivity contribution < 1.29 is 22.4 Å². The summed E-state index contributed by atoms with van der Waals surface area (Å²) in [7, 11) is 0. The number of hydrogen-bond donors (Lipinski definition) is 0. The number of carbonyl (C=O) groups is 1. The van der Waals surface area contributed by atoms with E-state index >= 15 is 0 Å². The fraction of sp³-hybridized carbons (Fsp3) is 0.133. The van der Waals surface area contributed by atoms with Crippen molar-refractivity contribution in [1.82, 2.24) is 0 Å². The SMILES string of the molecule is O=C(Cc1cc(Cl)ccc1F)c1cccc(C(F)(F)F)c1. The molecule has 0 radical (unpaired) electrons. The van der Waals surface area contributed by atoms with Gasteiger partial charge >= 0.3 is 6.18 Å². The van der Waals surface area contributed by atoms with E-state index in [0.29, 0.717) is 0 Å². The molecule has 0 aliphatic heterocycles. The standard InChI is InChI=1S/C15H9ClF4O/c16-12-4-5-13(17)10(7-12)8-14(21)9-2-1-3-11(6-9)15(18,19)20/h1-7H,8H2. The molecule has 0 spiro atoms. The van der Waals surface area contributed by atoms with Gasteiger partial charge in [-0.3, -0.25) is 4.79 Å². The lowest BCUT2D eigenvalue weighted by atomic mass is 10.0. The van der Waals surface area contributed by atoms with Crippen LogP contribution >= 0.6 is 11.6 Å². The molecule has 1 nitrogen and oxygen atoms in total. The summed E-state index contributed by atoms with van der Waals surface area (Å²) in [6.07, 6.45) is -4.88. The molecular formula is C15H9ClF4O. The van der Waals surface area contributed by atoms with Gasteiger partial charge in [-0.15, -0.1) is 0 Å². The summed E-state index contributed by atoms with van der Waals surface area (Å²) in [5.74, 6) is -1.23. The minimum atomic E-state index is -4.53. The molecule has 0 saturated carbocycles. The number of carbonyl (C=O) groups excluding carboxylic acids is 1. The van der Waals surface area contributed by atoms with Gasteiger partial charge in [-0.05, 0) is 35.9 Å². The maximum absolute atomic E-state index is 13.5. The monoisotopic (exact) mass is 316 g/mol. The summed E-state index contributed by atoms with van der Waals surface area (Å²) >= 11 is 5.70. The Morgan fingerprint density at radius 2 is 1.81 bits per heavy atom. The Balaban J connectivity index is 2.27. The molecule has 0 bridgehead atoms. The molecule has 0 fully saturated rings. The van der Waals surface area contributed by atoms with Crippen molar-refractivity contribution in [2.45, 2.75) is 12.6 Å². The van der Waals surface area contributed by atoms with Crippen LogP contribution in [0.4, 0.5) is 17.6 Å². The van der Waals surface area contributed by atoms with Crippen LogP contribution in [-0.2, 0) is 12.6 Å². The van der Waals surface area contributed by atoms with Gasteiger partial charge in [-0.2, -0.15) is 13.2 Å². The zero-order chi connectivity index (χ0) is 15.6. The molecule has 0 aromatic heterocycles. The molecule has 0 heterocycles. The number of rotatable bonds is 3. The van der Waals surface area contributed by atoms with Crippen LogP contribution in [-0.4, -0.2) is 5.78 Å². The second kappa shape index (κ2) is 5.85. The molecule has 0 N–H and O–H groups in total. The first-order valence-corrected chi connectivity index (χ1v) is 6.29. The van der Waals surface area contributed by atoms with E-state index in [4.69, 9.17) is 11.6 Å². The zero-order valence-electron chi connectivity index (χ0n) is 10.5. The Morgan fingerprint density at radius 1 is 1.10 bits per heavy atom. The van der Waals surface area contributed by atoms with Crippen molar-refractivity contribution in [2.75, 3.05) is 0 Å². The number of alkyl halides is 3. The predicted molar refractivity (Wildman–Crippen MR) is 70.9 cm³/mol. The van der Waals surface area contributed by atoms with Crippen LogP contribution in [0, 0.1) is 5.82 Å². The van der Waals surface area contributed by atoms with E-state index in [-0.39, 0.29) is 22.6 Å². The summed E-state index contributed by atoms with van der Waals surface area (Å²) in [4.78, 5) is 12.0. The van der Waals surface area contributed by atoms with Gasteiger partial charge in [0.2, 0.25) is 0 Å². The van der Waals surface area contributed by atoms with Gasteiger partial charge in [0.25, 0.3) is 0 Å². The molecule has 0 amide bonds. The van der Waals surface area contributed by atoms with Crippen molar-refractivity contribution in [3.63, 3.8) is 0 Å². The highest BCUT2D eigenvalue weighted by Crippen LogP contribution is 2.29. The molecule has 6 heteroatoms. The van der Waals surface area contributed by atoms with Gasteiger partial charge in [0.05, 0.1) is 5.56 Å². The van der Waals surface area contributed by atoms with Crippen molar-refractivity contribution in [3.8, 4) is 0 Å². The number of ketones is 1. The molecule has 110 valence electrons. The first-order chi connectivity index (χ1) is 9.77. The van der Waals surface area contributed by atoms with Gasteiger partial charge in [-0.1, -0.05) is 23.7 Å². The highest BCUT2D eigenvalue weighted by molar-refractivity contribution is 6.30. The predicted octanol–water partition coefficient (Wildman–Crippen LogP) is 4.92. The molecular weight excluding hydrogens is 308 g/mol. The summed E-state index contributed by atoms with van der Waals surface area (Å²) < 4.78 is 51.3. The first-order valence-electron chi connectivity index (χ1n) is 5.92. The van der Waals surface area contributed by atoms with E-state index in [1.54, 1.807) is 0 Å². The third-order valence-electron chi connectivity index (χ3n) is 2.87. The molecule has 2 rings (SSSR count). The van der Waals surface area contributed by atoms with Gasteiger partial charge in [0, 0.05) is 17.0 Å². The third kappa shape index (κ3) is 3.82. The van der Waals surface area contributed by atoms with Crippen LogP contribution in [0.2, 0.25) is 5.02 Å². The van der Waals surface area contributed by atoms with Crippen LogP contribution in [0.3, 0.4) is 0 Å². The maximum Gasteiger partial charge on any atom is 0.416 e. The van der Waals surface area contributed by atoms with Gasteiger partial charge in [-0.25, -0.2) is 4.39 Å². The number of hydrogen-bond acceptors (Lipinski definition) is 1. The van der Waals surface area contributed by atoms with E-state index in [9.17, 15) is 22.4 Å². The molecule has 2 aromatic rings. The Bertz CT molecular complexity index is 680. The Morgan fingerprint density at radius 3 is 2.48 bits per heavy atom. The molecule has 2 aromatic carbocycles. The minimum absolute atomic E-state index is 0.0462. The molecule has 0 atom stereocenters. The Hall–Kier alpha value is -1.88. The van der Waals surface area contributed by atoms with Gasteiger partial charge in [0.1, 0.15) is 5.82 Å². The number of Topliss-reactive ketones (excluding diaryl/α,β-unsaturated/α-hetero) is 1. The number of benzene rings is 2. The van der Waals surface area contributed by atoms with E-state index < -0.39 is 23.3 Å². The lowest BCUT2D eigenvalue weighted by molar-refractivity contribution is -0.137. The third-order valence-corrected chi connectivity index (χ3v) is 3.11. The van der Waals surface area contributed by atoms with Crippen LogP contribution in [0.25, 0.3) is 0 Å². The van der Waals surface area contributed by atoms with Crippen molar-refractivity contribution in [2.24, 2.45) is 0 Å². The first kappa shape index (κ1) is 15.5. The Labute approximate surface area is 123 Å². The van der Waals surface area contributed by atoms with E-state index in [1.807, 2.05) is 0 Å². The molecule has 0 saturated heterocycles. The lowest BCUT2D eigenvalue weighted by Crippen LogP contribution is -2.09. The fourth-order valence-electron chi connectivity index (χ4n) is 1.82. The van der Waals surface area contributed by atoms with Crippen LogP contribution < -0.4 is 0 Å². The van der Waals surface area contributed by atoms with Crippen LogP contribution in [0.5, 0.6) is 0 Å². The van der Waals surface area contributed by atoms with Gasteiger partial charge in [0.15, 0.2) is 5.78 Å².